The van der Waals surface area contributed by atoms with E-state index in [1.165, 1.54) is 10.6 Å². The third-order valence-electron chi connectivity index (χ3n) is 4.35. The van der Waals surface area contributed by atoms with E-state index >= 15 is 0 Å². The summed E-state index contributed by atoms with van der Waals surface area (Å²) in [6, 6.07) is 8.55. The van der Waals surface area contributed by atoms with Crippen molar-refractivity contribution in [3.05, 3.63) is 69.3 Å². The lowest BCUT2D eigenvalue weighted by Gasteiger charge is -2.12. The lowest BCUT2D eigenvalue weighted by Crippen LogP contribution is -2.20. The zero-order valence-corrected chi connectivity index (χ0v) is 14.7. The number of nitrogens with zero attached hydrogens (tertiary/aromatic N) is 3. The minimum absolute atomic E-state index is 0.152. The average molecular weight is 350 g/mol. The van der Waals surface area contributed by atoms with E-state index in [-0.39, 0.29) is 17.0 Å². The molecule has 1 N–H and O–H groups in total. The van der Waals surface area contributed by atoms with Crippen molar-refractivity contribution in [2.75, 3.05) is 0 Å². The van der Waals surface area contributed by atoms with Crippen molar-refractivity contribution in [3.63, 3.8) is 0 Å². The topological polar surface area (TPSA) is 81.4 Å². The minimum atomic E-state index is -0.174. The van der Waals surface area contributed by atoms with E-state index in [2.05, 4.69) is 9.97 Å². The molecule has 0 amide bonds. The number of nitrogens with one attached hydrogen (secondary N) is 1. The Balaban J connectivity index is 1.83. The molecule has 7 heteroatoms. The number of hydrogen-bond donors (Lipinski definition) is 1. The zero-order chi connectivity index (χ0) is 18.4. The van der Waals surface area contributed by atoms with E-state index in [1.807, 2.05) is 19.9 Å². The van der Waals surface area contributed by atoms with Gasteiger partial charge in [0.2, 0.25) is 11.4 Å². The van der Waals surface area contributed by atoms with Crippen LogP contribution in [0.25, 0.3) is 16.4 Å². The zero-order valence-electron chi connectivity index (χ0n) is 14.7. The highest BCUT2D eigenvalue weighted by Crippen LogP contribution is 2.24. The number of hydrogen-bond acceptors (Lipinski definition) is 4. The van der Waals surface area contributed by atoms with E-state index in [1.54, 1.807) is 42.0 Å². The molecule has 1 aromatic carbocycles. The summed E-state index contributed by atoms with van der Waals surface area (Å²) in [5.41, 5.74) is 0.915. The minimum Gasteiger partial charge on any atom is -0.439 e. The van der Waals surface area contributed by atoms with Crippen LogP contribution in [0.1, 0.15) is 25.6 Å². The van der Waals surface area contributed by atoms with Gasteiger partial charge in [0.05, 0.1) is 12.4 Å². The van der Waals surface area contributed by atoms with Crippen LogP contribution in [-0.2, 0) is 7.05 Å². The molecule has 0 aliphatic carbocycles. The maximum atomic E-state index is 12.6. The number of rotatable bonds is 3. The van der Waals surface area contributed by atoms with E-state index in [9.17, 15) is 9.59 Å². The van der Waals surface area contributed by atoms with Gasteiger partial charge in [0.15, 0.2) is 0 Å². The standard InChI is InChI=1S/C19H18N4O3/c1-11(2)18-20-9-15-19(25)22(3)17(10-23(15)18)26-13-5-6-14-12(8-13)4-7-16(24)21-14/h4-11H,1-3H3,(H,21,24). The van der Waals surface area contributed by atoms with Gasteiger partial charge in [-0.15, -0.1) is 0 Å². The predicted octanol–water partition coefficient (Wildman–Crippen LogP) is 2.79. The highest BCUT2D eigenvalue weighted by Gasteiger charge is 2.14. The molecule has 0 radical (unpaired) electrons. The molecule has 0 spiro atoms. The maximum Gasteiger partial charge on any atom is 0.279 e. The van der Waals surface area contributed by atoms with Crippen LogP contribution >= 0.6 is 0 Å². The monoisotopic (exact) mass is 350 g/mol. The van der Waals surface area contributed by atoms with E-state index in [0.29, 0.717) is 17.1 Å². The van der Waals surface area contributed by atoms with Crippen LogP contribution < -0.4 is 15.9 Å². The fourth-order valence-electron chi connectivity index (χ4n) is 2.98. The van der Waals surface area contributed by atoms with Crippen molar-refractivity contribution in [2.45, 2.75) is 19.8 Å². The molecule has 0 saturated carbocycles. The molecule has 26 heavy (non-hydrogen) atoms. The van der Waals surface area contributed by atoms with Gasteiger partial charge in [-0.1, -0.05) is 13.8 Å². The molecule has 0 fully saturated rings. The normalized spacial score (nSPS) is 11.5. The first-order valence-electron chi connectivity index (χ1n) is 8.32. The number of aromatic nitrogens is 4. The summed E-state index contributed by atoms with van der Waals surface area (Å²) in [6.45, 7) is 4.05. The number of imidazole rings is 1. The van der Waals surface area contributed by atoms with Crippen molar-refractivity contribution < 1.29 is 4.74 Å². The highest BCUT2D eigenvalue weighted by molar-refractivity contribution is 5.79. The first-order chi connectivity index (χ1) is 12.4. The summed E-state index contributed by atoms with van der Waals surface area (Å²) in [6.07, 6.45) is 3.37. The Labute approximate surface area is 148 Å². The fourth-order valence-corrected chi connectivity index (χ4v) is 2.98. The Morgan fingerprint density at radius 3 is 2.73 bits per heavy atom. The molecule has 4 rings (SSSR count). The SMILES string of the molecule is CC(C)c1ncc2c(=O)n(C)c(Oc3ccc4[nH]c(=O)ccc4c3)cn12. The van der Waals surface area contributed by atoms with Gasteiger partial charge < -0.3 is 9.72 Å². The smallest absolute Gasteiger partial charge is 0.279 e. The largest absolute Gasteiger partial charge is 0.439 e. The molecule has 0 aliphatic rings. The lowest BCUT2D eigenvalue weighted by molar-refractivity contribution is 0.431. The quantitative estimate of drug-likeness (QED) is 0.616. The molecular formula is C19H18N4O3. The number of aromatic amines is 1. The summed E-state index contributed by atoms with van der Waals surface area (Å²) in [5.74, 6) is 1.96. The van der Waals surface area contributed by atoms with Crippen LogP contribution in [0.5, 0.6) is 11.6 Å². The molecule has 7 nitrogen and oxygen atoms in total. The van der Waals surface area contributed by atoms with Gasteiger partial charge in [0.25, 0.3) is 5.56 Å². The van der Waals surface area contributed by atoms with Crippen molar-refractivity contribution in [2.24, 2.45) is 7.05 Å². The van der Waals surface area contributed by atoms with Crippen LogP contribution in [-0.4, -0.2) is 18.9 Å². The number of ether oxygens (including phenoxy) is 1. The Morgan fingerprint density at radius 2 is 1.96 bits per heavy atom. The van der Waals surface area contributed by atoms with E-state index in [0.717, 1.165) is 16.7 Å². The second kappa shape index (κ2) is 5.87. The lowest BCUT2D eigenvalue weighted by atomic mass is 10.2. The van der Waals surface area contributed by atoms with Crippen molar-refractivity contribution in [1.29, 1.82) is 0 Å². The molecule has 0 saturated heterocycles. The third-order valence-corrected chi connectivity index (χ3v) is 4.35. The Morgan fingerprint density at radius 1 is 1.15 bits per heavy atom. The molecule has 0 aliphatic heterocycles. The first kappa shape index (κ1) is 16.1. The maximum absolute atomic E-state index is 12.6. The summed E-state index contributed by atoms with van der Waals surface area (Å²) in [7, 11) is 1.66. The summed E-state index contributed by atoms with van der Waals surface area (Å²) in [4.78, 5) is 31.1. The van der Waals surface area contributed by atoms with Crippen molar-refractivity contribution in [3.8, 4) is 11.6 Å². The number of pyridine rings is 1. The number of fused-ring (bicyclic) bond motifs is 2. The van der Waals surface area contributed by atoms with Crippen molar-refractivity contribution >= 4 is 16.4 Å². The second-order valence-electron chi connectivity index (χ2n) is 6.53. The van der Waals surface area contributed by atoms with Gasteiger partial charge in [-0.3, -0.25) is 18.6 Å². The van der Waals surface area contributed by atoms with Crippen LogP contribution in [0.4, 0.5) is 0 Å². The molecule has 0 unspecified atom stereocenters. The second-order valence-corrected chi connectivity index (χ2v) is 6.53. The van der Waals surface area contributed by atoms with Crippen LogP contribution in [0.2, 0.25) is 0 Å². The van der Waals surface area contributed by atoms with Gasteiger partial charge >= 0.3 is 0 Å². The van der Waals surface area contributed by atoms with Crippen LogP contribution in [0.3, 0.4) is 0 Å². The van der Waals surface area contributed by atoms with E-state index < -0.39 is 0 Å². The molecular weight excluding hydrogens is 332 g/mol. The predicted molar refractivity (Wildman–Crippen MR) is 99.2 cm³/mol. The highest BCUT2D eigenvalue weighted by atomic mass is 16.5. The van der Waals surface area contributed by atoms with Gasteiger partial charge in [-0.2, -0.15) is 0 Å². The number of H-pyrrole nitrogens is 1. The third kappa shape index (κ3) is 2.57. The van der Waals surface area contributed by atoms with Crippen LogP contribution in [0.15, 0.2) is 52.3 Å². The molecule has 3 heterocycles. The molecule has 132 valence electrons. The Bertz CT molecular complexity index is 1250. The molecule has 3 aromatic heterocycles. The molecule has 4 aromatic rings. The fraction of sp³-hybridized carbons (Fsp3) is 0.211. The van der Waals surface area contributed by atoms with Gasteiger partial charge in [0, 0.05) is 29.9 Å². The Kier molecular flexibility index (Phi) is 3.64. The van der Waals surface area contributed by atoms with Crippen LogP contribution in [0, 0.1) is 0 Å². The Hall–Kier alpha value is -3.35. The first-order valence-corrected chi connectivity index (χ1v) is 8.32. The summed E-state index contributed by atoms with van der Waals surface area (Å²) in [5, 5.41) is 0.846. The summed E-state index contributed by atoms with van der Waals surface area (Å²) < 4.78 is 9.20. The number of benzene rings is 1. The average Bonchev–Trinajstić information content (AvgIpc) is 3.03. The van der Waals surface area contributed by atoms with Crippen molar-refractivity contribution in [1.82, 2.24) is 18.9 Å². The summed E-state index contributed by atoms with van der Waals surface area (Å²) >= 11 is 0. The van der Waals surface area contributed by atoms with Gasteiger partial charge in [-0.25, -0.2) is 4.98 Å². The molecule has 0 bridgehead atoms. The molecule has 0 atom stereocenters. The van der Waals surface area contributed by atoms with Gasteiger partial charge in [0.1, 0.15) is 17.1 Å². The van der Waals surface area contributed by atoms with Gasteiger partial charge in [-0.05, 0) is 24.3 Å². The van der Waals surface area contributed by atoms with E-state index in [4.69, 9.17) is 4.74 Å².